The van der Waals surface area contributed by atoms with Crippen LogP contribution >= 0.6 is 0 Å². The molecule has 5 heteroatoms. The molecule has 0 saturated carbocycles. The summed E-state index contributed by atoms with van der Waals surface area (Å²) in [5, 5.41) is 7.50. The van der Waals surface area contributed by atoms with Gasteiger partial charge in [-0.15, -0.1) is 0 Å². The molecule has 0 aliphatic carbocycles. The number of piperidine rings is 2. The van der Waals surface area contributed by atoms with Crippen molar-refractivity contribution < 1.29 is 4.79 Å². The van der Waals surface area contributed by atoms with Crippen LogP contribution < -0.4 is 10.6 Å². The van der Waals surface area contributed by atoms with Crippen molar-refractivity contribution in [3.63, 3.8) is 0 Å². The van der Waals surface area contributed by atoms with Gasteiger partial charge < -0.3 is 20.4 Å². The minimum absolute atomic E-state index is 0.0541. The molecular formula is C22H42N4O. The Balaban J connectivity index is 1.80. The molecule has 1 unspecified atom stereocenters. The van der Waals surface area contributed by atoms with E-state index in [-0.39, 0.29) is 34.2 Å². The van der Waals surface area contributed by atoms with Crippen LogP contribution in [0.5, 0.6) is 0 Å². The molecule has 2 amide bonds. The van der Waals surface area contributed by atoms with Gasteiger partial charge in [-0.25, -0.2) is 4.79 Å². The molecule has 0 spiro atoms. The molecule has 0 bridgehead atoms. The highest BCUT2D eigenvalue weighted by molar-refractivity contribution is 5.78. The van der Waals surface area contributed by atoms with E-state index in [1.165, 1.54) is 0 Å². The van der Waals surface area contributed by atoms with Gasteiger partial charge in [-0.2, -0.15) is 0 Å². The quantitative estimate of drug-likeness (QED) is 0.770. The fourth-order valence-electron chi connectivity index (χ4n) is 6.56. The van der Waals surface area contributed by atoms with Crippen LogP contribution in [0.2, 0.25) is 0 Å². The summed E-state index contributed by atoms with van der Waals surface area (Å²) in [7, 11) is 0. The monoisotopic (exact) mass is 378 g/mol. The van der Waals surface area contributed by atoms with E-state index in [2.05, 4.69) is 82.7 Å². The molecule has 27 heavy (non-hydrogen) atoms. The van der Waals surface area contributed by atoms with Crippen molar-refractivity contribution in [3.8, 4) is 0 Å². The zero-order valence-corrected chi connectivity index (χ0v) is 19.1. The largest absolute Gasteiger partial charge is 0.320 e. The molecule has 3 fully saturated rings. The molecular weight excluding hydrogens is 336 g/mol. The van der Waals surface area contributed by atoms with Gasteiger partial charge >= 0.3 is 6.03 Å². The first-order valence-corrected chi connectivity index (χ1v) is 10.8. The topological polar surface area (TPSA) is 47.6 Å². The van der Waals surface area contributed by atoms with E-state index in [1.807, 2.05) is 0 Å². The van der Waals surface area contributed by atoms with Crippen molar-refractivity contribution in [2.24, 2.45) is 0 Å². The highest BCUT2D eigenvalue weighted by atomic mass is 16.2. The molecule has 0 aromatic heterocycles. The number of nitrogens with zero attached hydrogens (tertiary/aromatic N) is 2. The maximum absolute atomic E-state index is 13.6. The highest BCUT2D eigenvalue weighted by Crippen LogP contribution is 2.38. The Kier molecular flexibility index (Phi) is 4.92. The van der Waals surface area contributed by atoms with Crippen LogP contribution in [0.15, 0.2) is 0 Å². The van der Waals surface area contributed by atoms with Crippen LogP contribution in [0.3, 0.4) is 0 Å². The fourth-order valence-corrected chi connectivity index (χ4v) is 6.56. The molecule has 5 nitrogen and oxygen atoms in total. The summed E-state index contributed by atoms with van der Waals surface area (Å²) in [6.07, 6.45) is 4.07. The molecule has 1 atom stereocenters. The van der Waals surface area contributed by atoms with Crippen LogP contribution in [0.25, 0.3) is 0 Å². The van der Waals surface area contributed by atoms with Gasteiger partial charge in [-0.3, -0.25) is 0 Å². The Morgan fingerprint density at radius 2 is 1.11 bits per heavy atom. The second kappa shape index (κ2) is 6.35. The molecule has 2 N–H and O–H groups in total. The normalized spacial score (nSPS) is 33.5. The number of hydrogen-bond donors (Lipinski definition) is 2. The summed E-state index contributed by atoms with van der Waals surface area (Å²) < 4.78 is 0. The molecule has 3 aliphatic rings. The number of amides is 2. The summed E-state index contributed by atoms with van der Waals surface area (Å²) in [5.41, 5.74) is 0.224. The lowest BCUT2D eigenvalue weighted by Crippen LogP contribution is -2.64. The lowest BCUT2D eigenvalue weighted by molar-refractivity contribution is 0.0710. The first-order chi connectivity index (χ1) is 12.1. The second-order valence-electron chi connectivity index (χ2n) is 12.1. The third-order valence-corrected chi connectivity index (χ3v) is 6.57. The van der Waals surface area contributed by atoms with Crippen molar-refractivity contribution in [2.75, 3.05) is 6.54 Å². The Hall–Kier alpha value is -0.810. The summed E-state index contributed by atoms with van der Waals surface area (Å²) in [5.74, 6) is 0. The third-order valence-electron chi connectivity index (χ3n) is 6.57. The zero-order chi connectivity index (χ0) is 20.4. The van der Waals surface area contributed by atoms with Crippen molar-refractivity contribution in [3.05, 3.63) is 0 Å². The standard InChI is InChI=1S/C22H42N4O/c1-15-14-25(16-10-19(2,3)23-20(4,5)11-16)18(27)26(15)17-12-21(6,7)24-22(8,9)13-17/h15-17,23-24H,10-14H2,1-9H3. The molecule has 156 valence electrons. The number of hydrogen-bond acceptors (Lipinski definition) is 3. The van der Waals surface area contributed by atoms with Gasteiger partial charge in [0.1, 0.15) is 0 Å². The molecule has 3 heterocycles. The molecule has 0 radical (unpaired) electrons. The highest BCUT2D eigenvalue weighted by Gasteiger charge is 2.49. The van der Waals surface area contributed by atoms with Gasteiger partial charge in [0.05, 0.1) is 0 Å². The van der Waals surface area contributed by atoms with Crippen molar-refractivity contribution in [1.29, 1.82) is 0 Å². The van der Waals surface area contributed by atoms with Crippen LogP contribution in [0, 0.1) is 0 Å². The van der Waals surface area contributed by atoms with Crippen molar-refractivity contribution in [1.82, 2.24) is 20.4 Å². The summed E-state index contributed by atoms with van der Waals surface area (Å²) in [6, 6.07) is 1.18. The van der Waals surface area contributed by atoms with Gasteiger partial charge in [0.2, 0.25) is 0 Å². The molecule has 0 aromatic carbocycles. The second-order valence-corrected chi connectivity index (χ2v) is 12.1. The van der Waals surface area contributed by atoms with Gasteiger partial charge in [-0.05, 0) is 88.0 Å². The zero-order valence-electron chi connectivity index (χ0n) is 19.1. The van der Waals surface area contributed by atoms with Gasteiger partial charge in [-0.1, -0.05) is 0 Å². The van der Waals surface area contributed by atoms with E-state index >= 15 is 0 Å². The fraction of sp³-hybridized carbons (Fsp3) is 0.955. The first kappa shape index (κ1) is 20.9. The Morgan fingerprint density at radius 3 is 1.52 bits per heavy atom. The van der Waals surface area contributed by atoms with E-state index in [0.29, 0.717) is 12.1 Å². The van der Waals surface area contributed by atoms with E-state index in [9.17, 15) is 4.79 Å². The Labute approximate surface area is 166 Å². The number of urea groups is 1. The lowest BCUT2D eigenvalue weighted by Gasteiger charge is -2.50. The summed E-state index contributed by atoms with van der Waals surface area (Å²) >= 11 is 0. The number of rotatable bonds is 2. The minimum atomic E-state index is 0.0541. The smallest absolute Gasteiger partial charge is 0.319 e. The van der Waals surface area contributed by atoms with Crippen LogP contribution in [0.4, 0.5) is 4.79 Å². The predicted molar refractivity (Wildman–Crippen MR) is 112 cm³/mol. The molecule has 0 aromatic rings. The van der Waals surface area contributed by atoms with E-state index < -0.39 is 0 Å². The maximum atomic E-state index is 13.6. The van der Waals surface area contributed by atoms with E-state index in [4.69, 9.17) is 0 Å². The first-order valence-electron chi connectivity index (χ1n) is 10.8. The number of nitrogens with one attached hydrogen (secondary N) is 2. The number of carbonyl (C=O) groups is 1. The van der Waals surface area contributed by atoms with Gasteiger partial charge in [0, 0.05) is 46.8 Å². The predicted octanol–water partition coefficient (Wildman–Crippen LogP) is 3.73. The van der Waals surface area contributed by atoms with Crippen molar-refractivity contribution >= 4 is 6.03 Å². The maximum Gasteiger partial charge on any atom is 0.320 e. The lowest BCUT2D eigenvalue weighted by atomic mass is 9.79. The van der Waals surface area contributed by atoms with Crippen molar-refractivity contribution in [2.45, 2.75) is 128 Å². The molecule has 3 rings (SSSR count). The average Bonchev–Trinajstić information content (AvgIpc) is 2.66. The van der Waals surface area contributed by atoms with E-state index in [1.54, 1.807) is 0 Å². The van der Waals surface area contributed by atoms with Crippen LogP contribution in [-0.2, 0) is 0 Å². The molecule has 3 aliphatic heterocycles. The number of carbonyl (C=O) groups excluding carboxylic acids is 1. The summed E-state index contributed by atoms with van der Waals surface area (Å²) in [6.45, 7) is 21.2. The van der Waals surface area contributed by atoms with Gasteiger partial charge in [0.15, 0.2) is 0 Å². The SMILES string of the molecule is CC1CN(C2CC(C)(C)NC(C)(C)C2)C(=O)N1C1CC(C)(C)NC(C)(C)C1. The Morgan fingerprint density at radius 1 is 0.741 bits per heavy atom. The molecule has 3 saturated heterocycles. The average molecular weight is 379 g/mol. The van der Waals surface area contributed by atoms with Gasteiger partial charge in [0.25, 0.3) is 0 Å². The van der Waals surface area contributed by atoms with Crippen LogP contribution in [0.1, 0.15) is 88.0 Å². The summed E-state index contributed by atoms with van der Waals surface area (Å²) in [4.78, 5) is 18.0. The van der Waals surface area contributed by atoms with Crippen LogP contribution in [-0.4, -0.2) is 62.7 Å². The third kappa shape index (κ3) is 4.45. The Bertz CT molecular complexity index is 563. The minimum Gasteiger partial charge on any atom is -0.319 e. The van der Waals surface area contributed by atoms with E-state index in [0.717, 1.165) is 32.2 Å².